The van der Waals surface area contributed by atoms with E-state index in [1.54, 1.807) is 0 Å². The molecule has 10 nitrogen and oxygen atoms in total. The first-order chi connectivity index (χ1) is 18.0. The van der Waals surface area contributed by atoms with Crippen molar-refractivity contribution in [1.29, 1.82) is 0 Å². The Balaban J connectivity index is 2.06. The van der Waals surface area contributed by atoms with Crippen molar-refractivity contribution in [3.8, 4) is 17.2 Å². The summed E-state index contributed by atoms with van der Waals surface area (Å²) in [5.41, 5.74) is 0.246. The first-order valence-corrected chi connectivity index (χ1v) is 13.0. The first kappa shape index (κ1) is 28.9. The number of benzene rings is 3. The lowest BCUT2D eigenvalue weighted by atomic mass is 10.2. The Morgan fingerprint density at radius 3 is 2.13 bits per heavy atom. The van der Waals surface area contributed by atoms with Crippen molar-refractivity contribution in [3.05, 3.63) is 70.2 Å². The fraction of sp³-hybridized carbons (Fsp3) is 0.200. The lowest BCUT2D eigenvalue weighted by molar-refractivity contribution is -0.114. The van der Waals surface area contributed by atoms with Crippen LogP contribution in [-0.4, -0.2) is 55.3 Å². The molecule has 0 atom stereocenters. The van der Waals surface area contributed by atoms with E-state index in [0.29, 0.717) is 5.75 Å². The molecule has 0 fully saturated rings. The minimum absolute atomic E-state index is 0.0243. The predicted molar refractivity (Wildman–Crippen MR) is 144 cm³/mol. The van der Waals surface area contributed by atoms with Gasteiger partial charge in [-0.2, -0.15) is 0 Å². The largest absolute Gasteiger partial charge is 0.495 e. The van der Waals surface area contributed by atoms with Crippen molar-refractivity contribution in [1.82, 2.24) is 0 Å². The Labute approximate surface area is 230 Å². The van der Waals surface area contributed by atoms with Gasteiger partial charge in [0, 0.05) is 16.8 Å². The number of sulfonamides is 1. The van der Waals surface area contributed by atoms with Crippen LogP contribution in [0.25, 0.3) is 0 Å². The Morgan fingerprint density at radius 2 is 1.50 bits per heavy atom. The Bertz CT molecular complexity index is 1460. The van der Waals surface area contributed by atoms with Crippen molar-refractivity contribution < 1.29 is 37.0 Å². The number of esters is 1. The molecule has 0 aliphatic carbocycles. The molecule has 0 heterocycles. The van der Waals surface area contributed by atoms with E-state index >= 15 is 0 Å². The highest BCUT2D eigenvalue weighted by molar-refractivity contribution is 7.92. The fourth-order valence-electron chi connectivity index (χ4n) is 3.46. The molecule has 1 amide bonds. The summed E-state index contributed by atoms with van der Waals surface area (Å²) in [7, 11) is 0.961. The van der Waals surface area contributed by atoms with Crippen LogP contribution >= 0.6 is 23.2 Å². The Hall–Kier alpha value is -3.67. The summed E-state index contributed by atoms with van der Waals surface area (Å²) in [5.74, 6) is -0.778. The quantitative estimate of drug-likeness (QED) is 0.343. The predicted octanol–water partition coefficient (Wildman–Crippen LogP) is 4.64. The van der Waals surface area contributed by atoms with Crippen molar-refractivity contribution in [2.75, 3.05) is 44.6 Å². The van der Waals surface area contributed by atoms with Gasteiger partial charge in [-0.15, -0.1) is 0 Å². The molecule has 202 valence electrons. The van der Waals surface area contributed by atoms with Crippen LogP contribution in [0.5, 0.6) is 17.2 Å². The summed E-state index contributed by atoms with van der Waals surface area (Å²) in [5, 5.41) is 2.91. The van der Waals surface area contributed by atoms with Crippen LogP contribution in [-0.2, 0) is 19.6 Å². The molecular formula is C25H24Cl2N2O8S. The number of carbonyl (C=O) groups is 2. The lowest BCUT2D eigenvalue weighted by Gasteiger charge is -2.26. The molecule has 0 aliphatic rings. The van der Waals surface area contributed by atoms with E-state index in [1.165, 1.54) is 83.0 Å². The SMILES string of the molecule is COC(=O)c1cc(NC(=O)CN(c2cc(Cl)ccc2OC)S(=O)(=O)c2ccc(OC)c(OC)c2)ccc1Cl. The maximum Gasteiger partial charge on any atom is 0.339 e. The number of rotatable bonds is 10. The highest BCUT2D eigenvalue weighted by Crippen LogP contribution is 2.37. The molecule has 0 spiro atoms. The van der Waals surface area contributed by atoms with Gasteiger partial charge in [-0.1, -0.05) is 23.2 Å². The lowest BCUT2D eigenvalue weighted by Crippen LogP contribution is -2.38. The molecule has 0 saturated carbocycles. The first-order valence-electron chi connectivity index (χ1n) is 10.8. The van der Waals surface area contributed by atoms with Crippen molar-refractivity contribution in [2.24, 2.45) is 0 Å². The van der Waals surface area contributed by atoms with Gasteiger partial charge in [0.2, 0.25) is 5.91 Å². The smallest absolute Gasteiger partial charge is 0.339 e. The number of nitrogens with zero attached hydrogens (tertiary/aromatic N) is 1. The molecule has 0 aromatic heterocycles. The molecular weight excluding hydrogens is 559 g/mol. The highest BCUT2D eigenvalue weighted by Gasteiger charge is 2.31. The molecule has 0 aliphatic heterocycles. The summed E-state index contributed by atoms with van der Waals surface area (Å²) in [6.07, 6.45) is 0. The minimum atomic E-state index is -4.38. The van der Waals surface area contributed by atoms with Crippen molar-refractivity contribution in [2.45, 2.75) is 4.90 Å². The zero-order chi connectivity index (χ0) is 28.0. The van der Waals surface area contributed by atoms with E-state index in [2.05, 4.69) is 5.32 Å². The van der Waals surface area contributed by atoms with Crippen LogP contribution in [0, 0.1) is 0 Å². The molecule has 3 rings (SSSR count). The van der Waals surface area contributed by atoms with Crippen LogP contribution in [0.15, 0.2) is 59.5 Å². The van der Waals surface area contributed by atoms with Gasteiger partial charge in [0.25, 0.3) is 10.0 Å². The van der Waals surface area contributed by atoms with E-state index in [0.717, 1.165) is 4.31 Å². The van der Waals surface area contributed by atoms with Gasteiger partial charge in [-0.25, -0.2) is 13.2 Å². The van der Waals surface area contributed by atoms with Crippen molar-refractivity contribution >= 4 is 56.5 Å². The van der Waals surface area contributed by atoms with Crippen LogP contribution < -0.4 is 23.8 Å². The van der Waals surface area contributed by atoms with Crippen molar-refractivity contribution in [3.63, 3.8) is 0 Å². The number of ether oxygens (including phenoxy) is 4. The second kappa shape index (κ2) is 12.2. The Morgan fingerprint density at radius 1 is 0.842 bits per heavy atom. The zero-order valence-corrected chi connectivity index (χ0v) is 23.1. The van der Waals surface area contributed by atoms with E-state index < -0.39 is 28.4 Å². The third kappa shape index (κ3) is 6.24. The number of hydrogen-bond donors (Lipinski definition) is 1. The fourth-order valence-corrected chi connectivity index (χ4v) is 5.26. The van der Waals surface area contributed by atoms with Gasteiger partial charge >= 0.3 is 5.97 Å². The summed E-state index contributed by atoms with van der Waals surface area (Å²) in [4.78, 5) is 24.9. The summed E-state index contributed by atoms with van der Waals surface area (Å²) in [6, 6.07) is 12.6. The van der Waals surface area contributed by atoms with Gasteiger partial charge in [0.15, 0.2) is 11.5 Å². The van der Waals surface area contributed by atoms with Gasteiger partial charge in [-0.3, -0.25) is 9.10 Å². The summed E-state index contributed by atoms with van der Waals surface area (Å²) < 4.78 is 49.1. The number of halogens is 2. The Kier molecular flexibility index (Phi) is 9.31. The second-order valence-corrected chi connectivity index (χ2v) is 10.3. The molecule has 0 radical (unpaired) electrons. The molecule has 0 unspecified atom stereocenters. The number of methoxy groups -OCH3 is 4. The standard InChI is InChI=1S/C25H24Cl2N2O8S/c1-34-21-9-5-15(26)11-20(21)29(38(32,33)17-7-10-22(35-2)23(13-17)36-3)14-24(30)28-16-6-8-19(27)18(12-16)25(31)37-4/h5-13H,14H2,1-4H3,(H,28,30). The highest BCUT2D eigenvalue weighted by atomic mass is 35.5. The molecule has 0 bridgehead atoms. The van der Waals surface area contributed by atoms with E-state index in [1.807, 2.05) is 0 Å². The second-order valence-electron chi connectivity index (χ2n) is 7.58. The number of anilines is 2. The van der Waals surface area contributed by atoms with Gasteiger partial charge in [-0.05, 0) is 48.5 Å². The van der Waals surface area contributed by atoms with E-state index in [4.69, 9.17) is 42.1 Å². The molecule has 1 N–H and O–H groups in total. The third-order valence-corrected chi connectivity index (χ3v) is 7.62. The molecule has 0 saturated heterocycles. The monoisotopic (exact) mass is 582 g/mol. The average molecular weight is 583 g/mol. The minimum Gasteiger partial charge on any atom is -0.495 e. The molecule has 38 heavy (non-hydrogen) atoms. The van der Waals surface area contributed by atoms with Gasteiger partial charge in [0.05, 0.1) is 49.6 Å². The topological polar surface area (TPSA) is 120 Å². The molecule has 3 aromatic carbocycles. The van der Waals surface area contributed by atoms with Gasteiger partial charge in [0.1, 0.15) is 12.3 Å². The number of hydrogen-bond acceptors (Lipinski definition) is 8. The number of carbonyl (C=O) groups excluding carboxylic acids is 2. The van der Waals surface area contributed by atoms with Crippen LogP contribution in [0.1, 0.15) is 10.4 Å². The zero-order valence-electron chi connectivity index (χ0n) is 20.8. The number of amides is 1. The van der Waals surface area contributed by atoms with Crippen LogP contribution in [0.3, 0.4) is 0 Å². The maximum absolute atomic E-state index is 13.9. The van der Waals surface area contributed by atoms with Crippen LogP contribution in [0.2, 0.25) is 10.0 Å². The molecule has 13 heteroatoms. The third-order valence-electron chi connectivity index (χ3n) is 5.30. The average Bonchev–Trinajstić information content (AvgIpc) is 2.91. The van der Waals surface area contributed by atoms with Gasteiger partial charge < -0.3 is 24.3 Å². The molecule has 3 aromatic rings. The maximum atomic E-state index is 13.9. The van der Waals surface area contributed by atoms with E-state index in [-0.39, 0.29) is 43.4 Å². The van der Waals surface area contributed by atoms with E-state index in [9.17, 15) is 18.0 Å². The summed E-state index contributed by atoms with van der Waals surface area (Å²) in [6.45, 7) is -0.677. The number of nitrogens with one attached hydrogen (secondary N) is 1. The normalized spacial score (nSPS) is 10.9. The summed E-state index contributed by atoms with van der Waals surface area (Å²) >= 11 is 12.2. The van der Waals surface area contributed by atoms with Crippen LogP contribution in [0.4, 0.5) is 11.4 Å².